The molecule has 0 saturated heterocycles. The maximum absolute atomic E-state index is 8.93. The summed E-state index contributed by atoms with van der Waals surface area (Å²) in [5, 5.41) is 11.8. The summed E-state index contributed by atoms with van der Waals surface area (Å²) in [6, 6.07) is 6.15. The van der Waals surface area contributed by atoms with Crippen molar-refractivity contribution in [2.45, 2.75) is 13.5 Å². The zero-order valence-corrected chi connectivity index (χ0v) is 10.6. The van der Waals surface area contributed by atoms with Crippen LogP contribution in [0.3, 0.4) is 0 Å². The molecule has 1 heterocycles. The smallest absolute Gasteiger partial charge is 0.123 e. The molecule has 78 valence electrons. The zero-order chi connectivity index (χ0) is 10.8. The number of hydrogen-bond acceptors (Lipinski definition) is 3. The molecule has 1 N–H and O–H groups in total. The fourth-order valence-corrected chi connectivity index (χ4v) is 2.42. The Morgan fingerprint density at radius 1 is 1.47 bits per heavy atom. The number of aryl methyl sites for hydroxylation is 1. The zero-order valence-electron chi connectivity index (χ0n) is 8.20. The van der Waals surface area contributed by atoms with Gasteiger partial charge >= 0.3 is 0 Å². The summed E-state index contributed by atoms with van der Waals surface area (Å²) in [4.78, 5) is 4.32. The highest BCUT2D eigenvalue weighted by atomic mass is 79.9. The minimum absolute atomic E-state index is 0.00350. The summed E-state index contributed by atoms with van der Waals surface area (Å²) in [7, 11) is 0. The predicted octanol–water partition coefficient (Wildman–Crippen LogP) is 3.37. The summed E-state index contributed by atoms with van der Waals surface area (Å²) in [5.41, 5.74) is 3.02. The molecule has 0 spiro atoms. The molecular formula is C11H10BrNOS. The first-order valence-corrected chi connectivity index (χ1v) is 6.20. The molecule has 15 heavy (non-hydrogen) atoms. The molecule has 2 aromatic rings. The summed E-state index contributed by atoms with van der Waals surface area (Å²) >= 11 is 5.04. The standard InChI is InChI=1S/C11H10BrNOS/c1-7-2-3-8(4-10(7)12)11-13-9(5-14)6-15-11/h2-4,6,14H,5H2,1H3. The molecule has 0 aliphatic rings. The van der Waals surface area contributed by atoms with Crippen LogP contribution in [-0.4, -0.2) is 10.1 Å². The van der Waals surface area contributed by atoms with Gasteiger partial charge in [0.15, 0.2) is 0 Å². The first kappa shape index (κ1) is 10.8. The first-order chi connectivity index (χ1) is 7.20. The van der Waals surface area contributed by atoms with E-state index in [1.54, 1.807) is 11.3 Å². The molecule has 0 bridgehead atoms. The van der Waals surface area contributed by atoms with Crippen LogP contribution in [-0.2, 0) is 6.61 Å². The van der Waals surface area contributed by atoms with E-state index in [9.17, 15) is 0 Å². The Balaban J connectivity index is 2.40. The van der Waals surface area contributed by atoms with Crippen LogP contribution in [0.25, 0.3) is 10.6 Å². The molecule has 0 saturated carbocycles. The third kappa shape index (κ3) is 2.27. The maximum atomic E-state index is 8.93. The van der Waals surface area contributed by atoms with E-state index in [-0.39, 0.29) is 6.61 Å². The van der Waals surface area contributed by atoms with Crippen molar-refractivity contribution in [3.05, 3.63) is 39.3 Å². The quantitative estimate of drug-likeness (QED) is 0.917. The maximum Gasteiger partial charge on any atom is 0.123 e. The molecule has 0 radical (unpaired) electrons. The molecule has 2 rings (SSSR count). The Labute approximate surface area is 101 Å². The van der Waals surface area contributed by atoms with Crippen LogP contribution in [0.2, 0.25) is 0 Å². The van der Waals surface area contributed by atoms with Gasteiger partial charge in [0, 0.05) is 15.4 Å². The second-order valence-corrected chi connectivity index (χ2v) is 4.98. The Morgan fingerprint density at radius 2 is 2.27 bits per heavy atom. The average molecular weight is 284 g/mol. The van der Waals surface area contributed by atoms with Crippen LogP contribution in [0.1, 0.15) is 11.3 Å². The normalized spacial score (nSPS) is 10.6. The third-order valence-electron chi connectivity index (χ3n) is 2.13. The predicted molar refractivity (Wildman–Crippen MR) is 65.9 cm³/mol. The molecule has 0 aliphatic heterocycles. The van der Waals surface area contributed by atoms with Gasteiger partial charge in [-0.2, -0.15) is 0 Å². The van der Waals surface area contributed by atoms with Gasteiger partial charge in [-0.25, -0.2) is 4.98 Å². The molecule has 0 fully saturated rings. The van der Waals surface area contributed by atoms with Crippen molar-refractivity contribution >= 4 is 27.3 Å². The number of aliphatic hydroxyl groups is 1. The van der Waals surface area contributed by atoms with Crippen LogP contribution < -0.4 is 0 Å². The molecule has 4 heteroatoms. The number of halogens is 1. The molecule has 1 aromatic carbocycles. The Morgan fingerprint density at radius 3 is 2.87 bits per heavy atom. The van der Waals surface area contributed by atoms with Crippen molar-refractivity contribution in [3.63, 3.8) is 0 Å². The fourth-order valence-electron chi connectivity index (χ4n) is 1.24. The lowest BCUT2D eigenvalue weighted by Gasteiger charge is -2.00. The van der Waals surface area contributed by atoms with Crippen LogP contribution in [0, 0.1) is 6.92 Å². The monoisotopic (exact) mass is 283 g/mol. The highest BCUT2D eigenvalue weighted by Gasteiger charge is 2.05. The number of hydrogen-bond donors (Lipinski definition) is 1. The van der Waals surface area contributed by atoms with Gasteiger partial charge < -0.3 is 5.11 Å². The van der Waals surface area contributed by atoms with E-state index in [2.05, 4.69) is 40.0 Å². The Bertz CT molecular complexity index is 481. The van der Waals surface area contributed by atoms with Gasteiger partial charge in [-0.3, -0.25) is 0 Å². The third-order valence-corrected chi connectivity index (χ3v) is 3.93. The van der Waals surface area contributed by atoms with Crippen molar-refractivity contribution in [2.24, 2.45) is 0 Å². The lowest BCUT2D eigenvalue weighted by Crippen LogP contribution is -1.83. The minimum atomic E-state index is 0.00350. The van der Waals surface area contributed by atoms with Crippen molar-refractivity contribution < 1.29 is 5.11 Å². The van der Waals surface area contributed by atoms with Gasteiger partial charge in [0.1, 0.15) is 5.01 Å². The lowest BCUT2D eigenvalue weighted by atomic mass is 10.2. The van der Waals surface area contributed by atoms with Gasteiger partial charge in [0.25, 0.3) is 0 Å². The molecule has 0 aliphatic carbocycles. The van der Waals surface area contributed by atoms with Crippen LogP contribution >= 0.6 is 27.3 Å². The van der Waals surface area contributed by atoms with Gasteiger partial charge in [-0.1, -0.05) is 28.1 Å². The van der Waals surface area contributed by atoms with Crippen molar-refractivity contribution in [2.75, 3.05) is 0 Å². The number of aromatic nitrogens is 1. The highest BCUT2D eigenvalue weighted by Crippen LogP contribution is 2.27. The molecule has 0 amide bonds. The average Bonchev–Trinajstić information content (AvgIpc) is 2.70. The van der Waals surface area contributed by atoms with Crippen LogP contribution in [0.15, 0.2) is 28.1 Å². The number of aliphatic hydroxyl groups excluding tert-OH is 1. The van der Waals surface area contributed by atoms with E-state index >= 15 is 0 Å². The summed E-state index contributed by atoms with van der Waals surface area (Å²) in [5.74, 6) is 0. The van der Waals surface area contributed by atoms with Gasteiger partial charge in [-0.15, -0.1) is 11.3 Å². The second kappa shape index (κ2) is 4.43. The molecule has 0 atom stereocenters. The molecule has 1 aromatic heterocycles. The van der Waals surface area contributed by atoms with Crippen molar-refractivity contribution in [1.29, 1.82) is 0 Å². The number of rotatable bonds is 2. The van der Waals surface area contributed by atoms with Gasteiger partial charge in [0.05, 0.1) is 12.3 Å². The van der Waals surface area contributed by atoms with E-state index in [1.807, 2.05) is 11.4 Å². The largest absolute Gasteiger partial charge is 0.390 e. The highest BCUT2D eigenvalue weighted by molar-refractivity contribution is 9.10. The van der Waals surface area contributed by atoms with Crippen LogP contribution in [0.5, 0.6) is 0 Å². The van der Waals surface area contributed by atoms with E-state index in [0.717, 1.165) is 20.7 Å². The van der Waals surface area contributed by atoms with E-state index in [1.165, 1.54) is 5.56 Å². The summed E-state index contributed by atoms with van der Waals surface area (Å²) in [6.07, 6.45) is 0. The van der Waals surface area contributed by atoms with Gasteiger partial charge in [0.2, 0.25) is 0 Å². The number of benzene rings is 1. The number of nitrogens with zero attached hydrogens (tertiary/aromatic N) is 1. The lowest BCUT2D eigenvalue weighted by molar-refractivity contribution is 0.278. The Hall–Kier alpha value is -0.710. The molecule has 2 nitrogen and oxygen atoms in total. The topological polar surface area (TPSA) is 33.1 Å². The van der Waals surface area contributed by atoms with Crippen molar-refractivity contribution in [1.82, 2.24) is 4.98 Å². The summed E-state index contributed by atoms with van der Waals surface area (Å²) in [6.45, 7) is 2.05. The molecular weight excluding hydrogens is 274 g/mol. The minimum Gasteiger partial charge on any atom is -0.390 e. The Kier molecular flexibility index (Phi) is 3.19. The second-order valence-electron chi connectivity index (χ2n) is 3.27. The fraction of sp³-hybridized carbons (Fsp3) is 0.182. The van der Waals surface area contributed by atoms with E-state index < -0.39 is 0 Å². The van der Waals surface area contributed by atoms with Crippen molar-refractivity contribution in [3.8, 4) is 10.6 Å². The number of thiazole rings is 1. The van der Waals surface area contributed by atoms with Gasteiger partial charge in [-0.05, 0) is 18.6 Å². The SMILES string of the molecule is Cc1ccc(-c2nc(CO)cs2)cc1Br. The first-order valence-electron chi connectivity index (χ1n) is 4.52. The van der Waals surface area contributed by atoms with Crippen LogP contribution in [0.4, 0.5) is 0 Å². The molecule has 0 unspecified atom stereocenters. The summed E-state index contributed by atoms with van der Waals surface area (Å²) < 4.78 is 1.08. The van der Waals surface area contributed by atoms with E-state index in [0.29, 0.717) is 0 Å². The van der Waals surface area contributed by atoms with E-state index in [4.69, 9.17) is 5.11 Å².